The van der Waals surface area contributed by atoms with Crippen LogP contribution in [-0.4, -0.2) is 31.9 Å². The lowest BCUT2D eigenvalue weighted by Gasteiger charge is -2.55. The van der Waals surface area contributed by atoms with E-state index in [9.17, 15) is 0 Å². The van der Waals surface area contributed by atoms with E-state index < -0.39 is 0 Å². The molecule has 92 valence electrons. The van der Waals surface area contributed by atoms with Crippen molar-refractivity contribution in [3.05, 3.63) is 12.8 Å². The zero-order valence-electron chi connectivity index (χ0n) is 10.4. The second kappa shape index (κ2) is 4.76. The summed E-state index contributed by atoms with van der Waals surface area (Å²) in [5, 5.41) is 3.65. The Hall–Kier alpha value is -0.540. The van der Waals surface area contributed by atoms with Gasteiger partial charge in [0, 0.05) is 24.0 Å². The fourth-order valence-electron chi connectivity index (χ4n) is 3.24. The highest BCUT2D eigenvalue weighted by Crippen LogP contribution is 2.51. The lowest BCUT2D eigenvalue weighted by Crippen LogP contribution is -2.65. The Morgan fingerprint density at radius 1 is 1.56 bits per heavy atom. The van der Waals surface area contributed by atoms with Crippen LogP contribution >= 0.6 is 0 Å². The van der Waals surface area contributed by atoms with Gasteiger partial charge < -0.3 is 14.8 Å². The van der Waals surface area contributed by atoms with Crippen molar-refractivity contribution in [2.24, 2.45) is 11.3 Å². The molecule has 0 aromatic heterocycles. The van der Waals surface area contributed by atoms with Crippen LogP contribution in [0.5, 0.6) is 0 Å². The Kier molecular flexibility index (Phi) is 3.55. The van der Waals surface area contributed by atoms with Crippen molar-refractivity contribution in [2.75, 3.05) is 19.8 Å². The lowest BCUT2D eigenvalue weighted by atomic mass is 9.57. The van der Waals surface area contributed by atoms with Gasteiger partial charge >= 0.3 is 0 Å². The van der Waals surface area contributed by atoms with Crippen molar-refractivity contribution >= 4 is 0 Å². The minimum absolute atomic E-state index is 0.292. The number of ether oxygens (including phenoxy) is 2. The molecule has 0 bridgehead atoms. The Morgan fingerprint density at radius 3 is 3.12 bits per heavy atom. The Labute approximate surface area is 98.2 Å². The van der Waals surface area contributed by atoms with Gasteiger partial charge in [0.05, 0.1) is 19.0 Å². The van der Waals surface area contributed by atoms with Crippen molar-refractivity contribution in [3.63, 3.8) is 0 Å². The molecule has 1 saturated carbocycles. The molecule has 3 nitrogen and oxygen atoms in total. The van der Waals surface area contributed by atoms with Crippen LogP contribution in [0.25, 0.3) is 0 Å². The van der Waals surface area contributed by atoms with Crippen LogP contribution < -0.4 is 5.32 Å². The summed E-state index contributed by atoms with van der Waals surface area (Å²) >= 11 is 0. The second-order valence-electron chi connectivity index (χ2n) is 5.39. The minimum Gasteiger partial charge on any atom is -0.502 e. The topological polar surface area (TPSA) is 30.5 Å². The fourth-order valence-corrected chi connectivity index (χ4v) is 3.24. The fraction of sp³-hybridized carbons (Fsp3) is 0.846. The maximum absolute atomic E-state index is 5.76. The predicted octanol–water partition coefficient (Wildman–Crippen LogP) is 1.94. The van der Waals surface area contributed by atoms with Gasteiger partial charge in [-0.15, -0.1) is 0 Å². The molecular formula is C13H23NO2. The van der Waals surface area contributed by atoms with Crippen LogP contribution in [0.15, 0.2) is 12.8 Å². The molecule has 0 aromatic rings. The first kappa shape index (κ1) is 11.9. The van der Waals surface area contributed by atoms with Crippen LogP contribution in [0.1, 0.15) is 26.7 Å². The number of hydrogen-bond donors (Lipinski definition) is 1. The number of rotatable bonds is 6. The van der Waals surface area contributed by atoms with E-state index >= 15 is 0 Å². The molecule has 2 aliphatic rings. The predicted molar refractivity (Wildman–Crippen MR) is 64.2 cm³/mol. The van der Waals surface area contributed by atoms with Gasteiger partial charge in [-0.25, -0.2) is 0 Å². The standard InChI is InChI=1S/C13H23NO2/c1-4-15-8-5-7-14-11-10-6-9-16-12(10)13(11,2)3/h4,10-12,14H,1,5-9H2,2-3H3. The smallest absolute Gasteiger partial charge is 0.0885 e. The van der Waals surface area contributed by atoms with E-state index in [1.807, 2.05) is 0 Å². The molecule has 1 aliphatic carbocycles. The third kappa shape index (κ3) is 1.98. The largest absolute Gasteiger partial charge is 0.502 e. The van der Waals surface area contributed by atoms with Crippen molar-refractivity contribution in [1.29, 1.82) is 0 Å². The Bertz CT molecular complexity index is 252. The van der Waals surface area contributed by atoms with Crippen LogP contribution in [0.2, 0.25) is 0 Å². The van der Waals surface area contributed by atoms with Gasteiger partial charge in [-0.05, 0) is 19.4 Å². The molecule has 2 rings (SSSR count). The maximum Gasteiger partial charge on any atom is 0.0885 e. The molecule has 16 heavy (non-hydrogen) atoms. The summed E-state index contributed by atoms with van der Waals surface area (Å²) in [4.78, 5) is 0. The van der Waals surface area contributed by atoms with E-state index in [-0.39, 0.29) is 0 Å². The number of hydrogen-bond acceptors (Lipinski definition) is 3. The van der Waals surface area contributed by atoms with E-state index in [4.69, 9.17) is 9.47 Å². The average Bonchev–Trinajstić information content (AvgIpc) is 2.69. The molecule has 0 radical (unpaired) electrons. The third-order valence-electron chi connectivity index (χ3n) is 4.02. The first-order valence-corrected chi connectivity index (χ1v) is 6.25. The third-order valence-corrected chi connectivity index (χ3v) is 4.02. The Morgan fingerprint density at radius 2 is 2.38 bits per heavy atom. The van der Waals surface area contributed by atoms with Gasteiger partial charge in [0.25, 0.3) is 0 Å². The quantitative estimate of drug-likeness (QED) is 0.553. The van der Waals surface area contributed by atoms with Crippen molar-refractivity contribution in [3.8, 4) is 0 Å². The van der Waals surface area contributed by atoms with Gasteiger partial charge in [0.15, 0.2) is 0 Å². The lowest BCUT2D eigenvalue weighted by molar-refractivity contribution is -0.112. The zero-order chi connectivity index (χ0) is 11.6. The van der Waals surface area contributed by atoms with Crippen LogP contribution in [0, 0.1) is 11.3 Å². The van der Waals surface area contributed by atoms with Gasteiger partial charge in [-0.1, -0.05) is 20.4 Å². The minimum atomic E-state index is 0.292. The molecule has 3 atom stereocenters. The molecule has 0 spiro atoms. The van der Waals surface area contributed by atoms with Gasteiger partial charge in [-0.3, -0.25) is 0 Å². The summed E-state index contributed by atoms with van der Waals surface area (Å²) < 4.78 is 10.9. The summed E-state index contributed by atoms with van der Waals surface area (Å²) in [5.74, 6) is 0.732. The molecular weight excluding hydrogens is 202 g/mol. The number of nitrogens with one attached hydrogen (secondary N) is 1. The first-order valence-electron chi connectivity index (χ1n) is 6.25. The maximum atomic E-state index is 5.76. The molecule has 2 fully saturated rings. The van der Waals surface area contributed by atoms with E-state index in [2.05, 4.69) is 25.7 Å². The molecule has 1 saturated heterocycles. The Balaban J connectivity index is 1.71. The van der Waals surface area contributed by atoms with Crippen molar-refractivity contribution < 1.29 is 9.47 Å². The van der Waals surface area contributed by atoms with Gasteiger partial charge in [0.2, 0.25) is 0 Å². The molecule has 1 aliphatic heterocycles. The summed E-state index contributed by atoms with van der Waals surface area (Å²) in [6.07, 6.45) is 4.24. The normalized spacial score (nSPS) is 35.2. The first-order chi connectivity index (χ1) is 7.68. The summed E-state index contributed by atoms with van der Waals surface area (Å²) in [6, 6.07) is 0.615. The molecule has 1 N–H and O–H groups in total. The molecule has 3 unspecified atom stereocenters. The van der Waals surface area contributed by atoms with Gasteiger partial charge in [0.1, 0.15) is 0 Å². The van der Waals surface area contributed by atoms with E-state index in [0.717, 1.165) is 32.1 Å². The molecule has 1 heterocycles. The highest BCUT2D eigenvalue weighted by atomic mass is 16.5. The van der Waals surface area contributed by atoms with Crippen molar-refractivity contribution in [1.82, 2.24) is 5.32 Å². The molecule has 3 heteroatoms. The van der Waals surface area contributed by atoms with Crippen molar-refractivity contribution in [2.45, 2.75) is 38.8 Å². The summed E-state index contributed by atoms with van der Waals surface area (Å²) in [6.45, 7) is 10.9. The van der Waals surface area contributed by atoms with E-state index in [0.29, 0.717) is 17.6 Å². The van der Waals surface area contributed by atoms with E-state index in [1.165, 1.54) is 12.7 Å². The summed E-state index contributed by atoms with van der Waals surface area (Å²) in [5.41, 5.74) is 0.292. The molecule has 0 amide bonds. The molecule has 0 aromatic carbocycles. The SMILES string of the molecule is C=COCCCNC1C2CCOC2C1(C)C. The van der Waals surface area contributed by atoms with Crippen LogP contribution in [0.4, 0.5) is 0 Å². The second-order valence-corrected chi connectivity index (χ2v) is 5.39. The highest BCUT2D eigenvalue weighted by Gasteiger charge is 2.58. The number of fused-ring (bicyclic) bond motifs is 1. The highest BCUT2D eigenvalue weighted by molar-refractivity contribution is 5.11. The summed E-state index contributed by atoms with van der Waals surface area (Å²) in [7, 11) is 0. The van der Waals surface area contributed by atoms with E-state index in [1.54, 1.807) is 0 Å². The average molecular weight is 225 g/mol. The van der Waals surface area contributed by atoms with Gasteiger partial charge in [-0.2, -0.15) is 0 Å². The zero-order valence-corrected chi connectivity index (χ0v) is 10.4. The van der Waals surface area contributed by atoms with Crippen LogP contribution in [0.3, 0.4) is 0 Å². The van der Waals surface area contributed by atoms with Crippen LogP contribution in [-0.2, 0) is 9.47 Å². The monoisotopic (exact) mass is 225 g/mol.